The van der Waals surface area contributed by atoms with E-state index in [0.717, 1.165) is 39.0 Å². The molecule has 0 saturated carbocycles. The fourth-order valence-corrected chi connectivity index (χ4v) is 3.20. The van der Waals surface area contributed by atoms with Crippen molar-refractivity contribution in [2.24, 2.45) is 11.8 Å². The van der Waals surface area contributed by atoms with E-state index in [1.807, 2.05) is 4.90 Å². The number of hydrogen-bond acceptors (Lipinski definition) is 2. The molecule has 102 valence electrons. The summed E-state index contributed by atoms with van der Waals surface area (Å²) in [5, 5.41) is 3.43. The summed E-state index contributed by atoms with van der Waals surface area (Å²) in [6.07, 6.45) is 2.15. The molecule has 1 aromatic carbocycles. The summed E-state index contributed by atoms with van der Waals surface area (Å²) in [4.78, 5) is 14.3. The second-order valence-corrected chi connectivity index (χ2v) is 5.55. The Labute approximate surface area is 112 Å². The van der Waals surface area contributed by atoms with Gasteiger partial charge in [0, 0.05) is 18.7 Å². The van der Waals surface area contributed by atoms with Gasteiger partial charge in [-0.3, -0.25) is 4.79 Å². The maximum atomic E-state index is 12.9. The number of nitrogens with one attached hydrogen (secondary N) is 1. The Balaban J connectivity index is 1.68. The lowest BCUT2D eigenvalue weighted by Crippen LogP contribution is -2.32. The van der Waals surface area contributed by atoms with Gasteiger partial charge >= 0.3 is 0 Å². The first kappa shape index (κ1) is 12.6. The van der Waals surface area contributed by atoms with Crippen LogP contribution in [-0.4, -0.2) is 37.0 Å². The maximum absolute atomic E-state index is 12.9. The molecule has 0 radical (unpaired) electrons. The molecular formula is C15H19FN2O. The minimum Gasteiger partial charge on any atom is -0.339 e. The van der Waals surface area contributed by atoms with Crippen LogP contribution in [-0.2, 0) is 0 Å². The summed E-state index contributed by atoms with van der Waals surface area (Å²) in [5.41, 5.74) is 0.589. The van der Waals surface area contributed by atoms with Crippen LogP contribution in [0.4, 0.5) is 4.39 Å². The Hall–Kier alpha value is -1.42. The van der Waals surface area contributed by atoms with Crippen LogP contribution < -0.4 is 5.32 Å². The van der Waals surface area contributed by atoms with Gasteiger partial charge in [-0.1, -0.05) is 0 Å². The SMILES string of the molecule is O=C(c1ccc(F)cc1)N1CC[C@@H]2CNC[C@@H]2CC1. The van der Waals surface area contributed by atoms with Crippen molar-refractivity contribution < 1.29 is 9.18 Å². The number of hydrogen-bond donors (Lipinski definition) is 1. The molecule has 2 atom stereocenters. The Kier molecular flexibility index (Phi) is 3.51. The third-order valence-electron chi connectivity index (χ3n) is 4.40. The predicted molar refractivity (Wildman–Crippen MR) is 71.4 cm³/mol. The second-order valence-electron chi connectivity index (χ2n) is 5.55. The third kappa shape index (κ3) is 2.63. The van der Waals surface area contributed by atoms with E-state index in [4.69, 9.17) is 0 Å². The Morgan fingerprint density at radius 3 is 2.26 bits per heavy atom. The summed E-state index contributed by atoms with van der Waals surface area (Å²) < 4.78 is 12.9. The van der Waals surface area contributed by atoms with Crippen molar-refractivity contribution >= 4 is 5.91 Å². The molecule has 0 unspecified atom stereocenters. The lowest BCUT2D eigenvalue weighted by Gasteiger charge is -2.21. The smallest absolute Gasteiger partial charge is 0.253 e. The average molecular weight is 262 g/mol. The molecule has 3 rings (SSSR count). The standard InChI is InChI=1S/C15H19FN2O/c16-14-3-1-11(2-4-14)15(19)18-7-5-12-9-17-10-13(12)6-8-18/h1-4,12-13,17H,5-10H2/t12-,13+. The van der Waals surface area contributed by atoms with Crippen molar-refractivity contribution in [3.8, 4) is 0 Å². The zero-order valence-electron chi connectivity index (χ0n) is 10.9. The number of carbonyl (C=O) groups excluding carboxylic acids is 1. The van der Waals surface area contributed by atoms with E-state index in [0.29, 0.717) is 17.4 Å². The summed E-state index contributed by atoms with van der Waals surface area (Å²) in [6.45, 7) is 3.81. The van der Waals surface area contributed by atoms with Crippen LogP contribution in [0.25, 0.3) is 0 Å². The van der Waals surface area contributed by atoms with Gasteiger partial charge in [0.2, 0.25) is 0 Å². The van der Waals surface area contributed by atoms with Crippen LogP contribution in [0.1, 0.15) is 23.2 Å². The fourth-order valence-electron chi connectivity index (χ4n) is 3.20. The Bertz CT molecular complexity index is 446. The van der Waals surface area contributed by atoms with Gasteiger partial charge in [0.05, 0.1) is 0 Å². The molecule has 2 aliphatic rings. The van der Waals surface area contributed by atoms with Crippen molar-refractivity contribution in [3.05, 3.63) is 35.6 Å². The predicted octanol–water partition coefficient (Wildman–Crippen LogP) is 1.90. The molecule has 0 spiro atoms. The van der Waals surface area contributed by atoms with E-state index < -0.39 is 0 Å². The quantitative estimate of drug-likeness (QED) is 0.838. The molecule has 1 aromatic rings. The molecule has 2 fully saturated rings. The first-order chi connectivity index (χ1) is 9.24. The summed E-state index contributed by atoms with van der Waals surface area (Å²) in [7, 11) is 0. The first-order valence-corrected chi connectivity index (χ1v) is 6.99. The van der Waals surface area contributed by atoms with Gasteiger partial charge in [0.15, 0.2) is 0 Å². The molecule has 3 nitrogen and oxygen atoms in total. The van der Waals surface area contributed by atoms with Gasteiger partial charge in [0.25, 0.3) is 5.91 Å². The van der Waals surface area contributed by atoms with Crippen LogP contribution in [0.5, 0.6) is 0 Å². The number of fused-ring (bicyclic) bond motifs is 1. The average Bonchev–Trinajstić information content (AvgIpc) is 2.78. The number of benzene rings is 1. The minimum atomic E-state index is -0.298. The number of halogens is 1. The van der Waals surface area contributed by atoms with Crippen LogP contribution in [0.2, 0.25) is 0 Å². The minimum absolute atomic E-state index is 0.0351. The molecule has 1 amide bonds. The maximum Gasteiger partial charge on any atom is 0.253 e. The van der Waals surface area contributed by atoms with Gasteiger partial charge in [0.1, 0.15) is 5.82 Å². The molecule has 2 aliphatic heterocycles. The van der Waals surface area contributed by atoms with Crippen molar-refractivity contribution in [1.29, 1.82) is 0 Å². The topological polar surface area (TPSA) is 32.3 Å². The summed E-state index contributed by atoms with van der Waals surface area (Å²) >= 11 is 0. The molecule has 4 heteroatoms. The molecule has 0 aliphatic carbocycles. The van der Waals surface area contributed by atoms with Crippen molar-refractivity contribution in [1.82, 2.24) is 10.2 Å². The number of carbonyl (C=O) groups is 1. The zero-order valence-corrected chi connectivity index (χ0v) is 10.9. The molecule has 2 saturated heterocycles. The second kappa shape index (κ2) is 5.29. The van der Waals surface area contributed by atoms with E-state index in [-0.39, 0.29) is 11.7 Å². The van der Waals surface area contributed by atoms with E-state index in [1.54, 1.807) is 12.1 Å². The van der Waals surface area contributed by atoms with Gasteiger partial charge < -0.3 is 10.2 Å². The Morgan fingerprint density at radius 1 is 1.11 bits per heavy atom. The van der Waals surface area contributed by atoms with E-state index in [9.17, 15) is 9.18 Å². The lowest BCUT2D eigenvalue weighted by atomic mass is 9.92. The molecular weight excluding hydrogens is 243 g/mol. The number of amides is 1. The van der Waals surface area contributed by atoms with Gasteiger partial charge in [-0.2, -0.15) is 0 Å². The molecule has 19 heavy (non-hydrogen) atoms. The van der Waals surface area contributed by atoms with Crippen LogP contribution in [0.3, 0.4) is 0 Å². The van der Waals surface area contributed by atoms with E-state index in [2.05, 4.69) is 5.32 Å². The molecule has 0 aromatic heterocycles. The van der Waals surface area contributed by atoms with Crippen LogP contribution in [0, 0.1) is 17.7 Å². The fraction of sp³-hybridized carbons (Fsp3) is 0.533. The largest absolute Gasteiger partial charge is 0.339 e. The highest BCUT2D eigenvalue weighted by atomic mass is 19.1. The third-order valence-corrected chi connectivity index (χ3v) is 4.40. The van der Waals surface area contributed by atoms with Gasteiger partial charge in [-0.25, -0.2) is 4.39 Å². The van der Waals surface area contributed by atoms with E-state index in [1.165, 1.54) is 12.1 Å². The Morgan fingerprint density at radius 2 is 1.68 bits per heavy atom. The highest BCUT2D eigenvalue weighted by Gasteiger charge is 2.31. The van der Waals surface area contributed by atoms with Crippen molar-refractivity contribution in [2.45, 2.75) is 12.8 Å². The van der Waals surface area contributed by atoms with Gasteiger partial charge in [-0.05, 0) is 62.0 Å². The number of rotatable bonds is 1. The van der Waals surface area contributed by atoms with Crippen LogP contribution >= 0.6 is 0 Å². The van der Waals surface area contributed by atoms with E-state index >= 15 is 0 Å². The number of likely N-dealkylation sites (tertiary alicyclic amines) is 1. The van der Waals surface area contributed by atoms with Crippen LogP contribution in [0.15, 0.2) is 24.3 Å². The van der Waals surface area contributed by atoms with Crippen molar-refractivity contribution in [3.63, 3.8) is 0 Å². The van der Waals surface area contributed by atoms with Gasteiger partial charge in [-0.15, -0.1) is 0 Å². The van der Waals surface area contributed by atoms with Crippen molar-refractivity contribution in [2.75, 3.05) is 26.2 Å². The highest BCUT2D eigenvalue weighted by Crippen LogP contribution is 2.27. The first-order valence-electron chi connectivity index (χ1n) is 6.99. The molecule has 1 N–H and O–H groups in total. The number of nitrogens with zero attached hydrogens (tertiary/aromatic N) is 1. The normalized spacial score (nSPS) is 26.9. The zero-order chi connectivity index (χ0) is 13.2. The summed E-state index contributed by atoms with van der Waals surface area (Å²) in [5.74, 6) is 1.16. The molecule has 2 heterocycles. The molecule has 0 bridgehead atoms. The highest BCUT2D eigenvalue weighted by molar-refractivity contribution is 5.94. The monoisotopic (exact) mass is 262 g/mol. The lowest BCUT2D eigenvalue weighted by molar-refractivity contribution is 0.0758. The summed E-state index contributed by atoms with van der Waals surface area (Å²) in [6, 6.07) is 5.85.